The lowest BCUT2D eigenvalue weighted by atomic mass is 9.60. The van der Waals surface area contributed by atoms with Crippen LogP contribution in [0, 0.1) is 10.8 Å². The summed E-state index contributed by atoms with van der Waals surface area (Å²) < 4.78 is 5.36. The van der Waals surface area contributed by atoms with Crippen LogP contribution in [-0.2, 0) is 9.53 Å². The molecular formula is C18H31NO5. The first-order valence-electron chi connectivity index (χ1n) is 8.74. The van der Waals surface area contributed by atoms with E-state index in [2.05, 4.69) is 13.8 Å². The van der Waals surface area contributed by atoms with E-state index >= 15 is 0 Å². The van der Waals surface area contributed by atoms with Gasteiger partial charge in [0.25, 0.3) is 0 Å². The Hall–Kier alpha value is -1.30. The van der Waals surface area contributed by atoms with Gasteiger partial charge in [-0.05, 0) is 58.3 Å². The molecule has 6 heteroatoms. The Morgan fingerprint density at radius 2 is 1.58 bits per heavy atom. The predicted molar refractivity (Wildman–Crippen MR) is 89.7 cm³/mol. The number of aliphatic hydroxyl groups is 1. The van der Waals surface area contributed by atoms with Gasteiger partial charge < -0.3 is 19.8 Å². The van der Waals surface area contributed by atoms with E-state index in [4.69, 9.17) is 4.74 Å². The van der Waals surface area contributed by atoms with Crippen molar-refractivity contribution in [2.24, 2.45) is 10.8 Å². The van der Waals surface area contributed by atoms with Gasteiger partial charge in [0.1, 0.15) is 11.0 Å². The zero-order valence-electron chi connectivity index (χ0n) is 15.5. The number of carboxylic acids is 1. The van der Waals surface area contributed by atoms with E-state index < -0.39 is 28.7 Å². The number of likely N-dealkylation sites (tertiary alicyclic amines) is 1. The Balaban J connectivity index is 2.19. The fraction of sp³-hybridized carbons (Fsp3) is 0.889. The molecule has 138 valence electrons. The summed E-state index contributed by atoms with van der Waals surface area (Å²) >= 11 is 0. The highest BCUT2D eigenvalue weighted by atomic mass is 16.6. The molecule has 0 bridgehead atoms. The van der Waals surface area contributed by atoms with Crippen LogP contribution in [0.15, 0.2) is 0 Å². The van der Waals surface area contributed by atoms with Crippen LogP contribution in [0.1, 0.15) is 66.7 Å². The molecule has 1 aliphatic heterocycles. The van der Waals surface area contributed by atoms with Gasteiger partial charge in [0.2, 0.25) is 0 Å². The highest BCUT2D eigenvalue weighted by Crippen LogP contribution is 2.52. The van der Waals surface area contributed by atoms with Crippen LogP contribution in [0.2, 0.25) is 0 Å². The Bertz CT molecular complexity index is 512. The summed E-state index contributed by atoms with van der Waals surface area (Å²) in [6.07, 6.45) is 2.22. The van der Waals surface area contributed by atoms with E-state index in [0.29, 0.717) is 19.4 Å². The molecule has 2 fully saturated rings. The molecule has 1 heterocycles. The summed E-state index contributed by atoms with van der Waals surface area (Å²) in [6.45, 7) is 9.93. The number of hydrogen-bond donors (Lipinski definition) is 2. The molecule has 1 saturated carbocycles. The number of carbonyl (C=O) groups is 2. The minimum Gasteiger partial charge on any atom is -0.481 e. The highest BCUT2D eigenvalue weighted by Gasteiger charge is 2.61. The maximum Gasteiger partial charge on any atom is 0.410 e. The van der Waals surface area contributed by atoms with Gasteiger partial charge in [0.05, 0.1) is 5.60 Å². The summed E-state index contributed by atoms with van der Waals surface area (Å²) in [6, 6.07) is 0. The van der Waals surface area contributed by atoms with Gasteiger partial charge in [-0.2, -0.15) is 0 Å². The zero-order valence-corrected chi connectivity index (χ0v) is 15.5. The van der Waals surface area contributed by atoms with Crippen molar-refractivity contribution in [2.45, 2.75) is 77.9 Å². The third-order valence-electron chi connectivity index (χ3n) is 5.65. The minimum atomic E-state index is -1.31. The highest BCUT2D eigenvalue weighted by molar-refractivity contribution is 5.79. The largest absolute Gasteiger partial charge is 0.481 e. The Labute approximate surface area is 144 Å². The summed E-state index contributed by atoms with van der Waals surface area (Å²) in [5.74, 6) is -1.02. The van der Waals surface area contributed by atoms with Gasteiger partial charge in [0.15, 0.2) is 0 Å². The minimum absolute atomic E-state index is 0.00811. The second-order valence-corrected chi connectivity index (χ2v) is 9.23. The molecule has 6 nitrogen and oxygen atoms in total. The van der Waals surface area contributed by atoms with Gasteiger partial charge in [-0.3, -0.25) is 4.79 Å². The fourth-order valence-corrected chi connectivity index (χ4v) is 3.86. The first-order valence-corrected chi connectivity index (χ1v) is 8.74. The number of rotatable bonds is 2. The molecule has 1 amide bonds. The molecule has 2 rings (SSSR count). The summed E-state index contributed by atoms with van der Waals surface area (Å²) in [5.41, 5.74) is -3.09. The van der Waals surface area contributed by atoms with Gasteiger partial charge in [-0.15, -0.1) is 0 Å². The Morgan fingerprint density at radius 3 is 2.04 bits per heavy atom. The van der Waals surface area contributed by atoms with Crippen LogP contribution < -0.4 is 0 Å². The van der Waals surface area contributed by atoms with Gasteiger partial charge in [-0.25, -0.2) is 4.79 Å². The molecule has 0 spiro atoms. The third kappa shape index (κ3) is 3.53. The Morgan fingerprint density at radius 1 is 1.04 bits per heavy atom. The number of nitrogens with zero attached hydrogens (tertiary/aromatic N) is 1. The molecule has 2 aliphatic rings. The lowest BCUT2D eigenvalue weighted by molar-refractivity contribution is -0.176. The predicted octanol–water partition coefficient (Wildman–Crippen LogP) is 3.03. The van der Waals surface area contributed by atoms with Crippen molar-refractivity contribution in [3.63, 3.8) is 0 Å². The number of hydrogen-bond acceptors (Lipinski definition) is 4. The average Bonchev–Trinajstić information content (AvgIpc) is 2.88. The topological polar surface area (TPSA) is 87.1 Å². The van der Waals surface area contributed by atoms with E-state index in [-0.39, 0.29) is 18.4 Å². The zero-order chi connectivity index (χ0) is 18.4. The second-order valence-electron chi connectivity index (χ2n) is 9.23. The SMILES string of the molecule is CC1(C)CCC(O)(C2(C(=O)O)CCN(C(=O)OC(C)(C)C)C2)CC1. The lowest BCUT2D eigenvalue weighted by Gasteiger charge is -2.48. The van der Waals surface area contributed by atoms with Crippen molar-refractivity contribution in [3.05, 3.63) is 0 Å². The summed E-state index contributed by atoms with van der Waals surface area (Å²) in [4.78, 5) is 25.8. The molecular weight excluding hydrogens is 310 g/mol. The van der Waals surface area contributed by atoms with Crippen molar-refractivity contribution in [2.75, 3.05) is 13.1 Å². The van der Waals surface area contributed by atoms with Crippen LogP contribution in [-0.4, -0.2) is 51.5 Å². The molecule has 0 radical (unpaired) electrons. The van der Waals surface area contributed by atoms with Gasteiger partial charge in [-0.1, -0.05) is 13.8 Å². The van der Waals surface area contributed by atoms with Gasteiger partial charge >= 0.3 is 12.1 Å². The number of amides is 1. The molecule has 24 heavy (non-hydrogen) atoms. The molecule has 1 saturated heterocycles. The fourth-order valence-electron chi connectivity index (χ4n) is 3.86. The average molecular weight is 341 g/mol. The lowest BCUT2D eigenvalue weighted by Crippen LogP contribution is -2.57. The first kappa shape index (κ1) is 19.0. The molecule has 0 aromatic rings. The van der Waals surface area contributed by atoms with Gasteiger partial charge in [0, 0.05) is 13.1 Å². The number of ether oxygens (including phenoxy) is 1. The molecule has 2 N–H and O–H groups in total. The van der Waals surface area contributed by atoms with Crippen LogP contribution in [0.5, 0.6) is 0 Å². The quantitative estimate of drug-likeness (QED) is 0.806. The van der Waals surface area contributed by atoms with Crippen molar-refractivity contribution < 1.29 is 24.5 Å². The van der Waals surface area contributed by atoms with E-state index in [0.717, 1.165) is 12.8 Å². The van der Waals surface area contributed by atoms with Crippen LogP contribution in [0.3, 0.4) is 0 Å². The second kappa shape index (κ2) is 5.90. The monoisotopic (exact) mass is 341 g/mol. The van der Waals surface area contributed by atoms with Crippen LogP contribution in [0.25, 0.3) is 0 Å². The summed E-state index contributed by atoms with van der Waals surface area (Å²) in [7, 11) is 0. The normalized spacial score (nSPS) is 29.3. The standard InChI is InChI=1S/C18H31NO5/c1-15(2,3)24-14(22)19-11-10-17(12-19,13(20)21)18(23)8-6-16(4,5)7-9-18/h23H,6-12H2,1-5H3,(H,20,21). The smallest absolute Gasteiger partial charge is 0.410 e. The molecule has 1 aliphatic carbocycles. The third-order valence-corrected chi connectivity index (χ3v) is 5.65. The first-order chi connectivity index (χ1) is 10.8. The van der Waals surface area contributed by atoms with E-state index in [1.54, 1.807) is 20.8 Å². The molecule has 0 aromatic heterocycles. The Kier molecular flexibility index (Phi) is 4.68. The number of carboxylic acid groups (broad SMARTS) is 1. The molecule has 1 atom stereocenters. The summed E-state index contributed by atoms with van der Waals surface area (Å²) in [5, 5.41) is 21.1. The maximum atomic E-state index is 12.3. The van der Waals surface area contributed by atoms with E-state index in [9.17, 15) is 19.8 Å². The van der Waals surface area contributed by atoms with Crippen LogP contribution in [0.4, 0.5) is 4.79 Å². The van der Waals surface area contributed by atoms with E-state index in [1.807, 2.05) is 0 Å². The molecule has 0 aromatic carbocycles. The van der Waals surface area contributed by atoms with Crippen molar-refractivity contribution in [3.8, 4) is 0 Å². The number of aliphatic carboxylic acids is 1. The van der Waals surface area contributed by atoms with Crippen LogP contribution >= 0.6 is 0 Å². The van der Waals surface area contributed by atoms with Crippen molar-refractivity contribution in [1.29, 1.82) is 0 Å². The number of carbonyl (C=O) groups excluding carboxylic acids is 1. The van der Waals surface area contributed by atoms with Crippen molar-refractivity contribution in [1.82, 2.24) is 4.90 Å². The van der Waals surface area contributed by atoms with E-state index in [1.165, 1.54) is 4.90 Å². The maximum absolute atomic E-state index is 12.3. The van der Waals surface area contributed by atoms with Crippen molar-refractivity contribution >= 4 is 12.1 Å². The molecule has 1 unspecified atom stereocenters.